The topological polar surface area (TPSA) is 88.1 Å². The van der Waals surface area contributed by atoms with Crippen LogP contribution in [-0.2, 0) is 0 Å². The van der Waals surface area contributed by atoms with Crippen molar-refractivity contribution < 1.29 is 10.0 Å². The second kappa shape index (κ2) is 5.88. The van der Waals surface area contributed by atoms with Gasteiger partial charge in [-0.15, -0.1) is 10.2 Å². The van der Waals surface area contributed by atoms with Crippen molar-refractivity contribution in [1.29, 1.82) is 0 Å². The van der Waals surface area contributed by atoms with E-state index in [2.05, 4.69) is 10.2 Å². The maximum Gasteiger partial charge on any atom is 0.298 e. The summed E-state index contributed by atoms with van der Waals surface area (Å²) >= 11 is 5.73. The minimum atomic E-state index is -0.582. The van der Waals surface area contributed by atoms with Gasteiger partial charge in [-0.2, -0.15) is 0 Å². The summed E-state index contributed by atoms with van der Waals surface area (Å²) in [7, 11) is 0. The third-order valence-corrected chi connectivity index (χ3v) is 3.06. The number of azo groups is 1. The largest absolute Gasteiger partial charge is 0.505 e. The molecule has 0 bridgehead atoms. The molecule has 0 aliphatic rings. The lowest BCUT2D eigenvalue weighted by atomic mass is 10.1. The van der Waals surface area contributed by atoms with Crippen molar-refractivity contribution in [2.24, 2.45) is 10.2 Å². The summed E-state index contributed by atoms with van der Waals surface area (Å²) in [4.78, 5) is 10.4. The maximum atomic E-state index is 11.0. The number of nitrogens with zero attached hydrogens (tertiary/aromatic N) is 3. The van der Waals surface area contributed by atoms with Crippen LogP contribution in [0.2, 0.25) is 5.02 Å². The molecule has 0 saturated carbocycles. The monoisotopic (exact) mass is 305 g/mol. The third kappa shape index (κ3) is 3.35. The normalized spacial score (nSPS) is 11.0. The molecule has 7 heteroatoms. The predicted octanol–water partition coefficient (Wildman–Crippen LogP) is 4.99. The van der Waals surface area contributed by atoms with E-state index in [0.29, 0.717) is 5.56 Å². The van der Waals surface area contributed by atoms with Gasteiger partial charge in [-0.25, -0.2) is 0 Å². The number of benzene rings is 2. The molecule has 2 aromatic rings. The Balaban J connectivity index is 2.45. The highest BCUT2D eigenvalue weighted by Crippen LogP contribution is 2.35. The van der Waals surface area contributed by atoms with Crippen LogP contribution in [-0.4, -0.2) is 10.0 Å². The number of hydrogen-bond acceptors (Lipinski definition) is 5. The van der Waals surface area contributed by atoms with Gasteiger partial charge in [-0.05, 0) is 43.2 Å². The minimum Gasteiger partial charge on any atom is -0.505 e. The first-order chi connectivity index (χ1) is 9.88. The summed E-state index contributed by atoms with van der Waals surface area (Å²) in [6.07, 6.45) is 0. The van der Waals surface area contributed by atoms with Crippen LogP contribution in [0.15, 0.2) is 40.6 Å². The average molecular weight is 306 g/mol. The SMILES string of the molecule is Cc1cc(C)c(O)c(N=Nc2ccc(Cl)cc2[N+](=O)[O-])c1. The van der Waals surface area contributed by atoms with E-state index in [9.17, 15) is 15.2 Å². The molecule has 108 valence electrons. The molecule has 0 unspecified atom stereocenters. The van der Waals surface area contributed by atoms with Crippen LogP contribution < -0.4 is 0 Å². The second-order valence-electron chi connectivity index (χ2n) is 4.54. The van der Waals surface area contributed by atoms with E-state index in [1.165, 1.54) is 18.2 Å². The van der Waals surface area contributed by atoms with Gasteiger partial charge in [0.2, 0.25) is 0 Å². The average Bonchev–Trinajstić information content (AvgIpc) is 2.42. The van der Waals surface area contributed by atoms with Gasteiger partial charge in [0.25, 0.3) is 5.69 Å². The molecule has 0 amide bonds. The predicted molar refractivity (Wildman–Crippen MR) is 79.9 cm³/mol. The Kier molecular flexibility index (Phi) is 4.18. The van der Waals surface area contributed by atoms with Gasteiger partial charge >= 0.3 is 0 Å². The molecule has 0 spiro atoms. The van der Waals surface area contributed by atoms with Gasteiger partial charge < -0.3 is 5.11 Å². The molecule has 0 fully saturated rings. The van der Waals surface area contributed by atoms with Crippen LogP contribution in [0.3, 0.4) is 0 Å². The zero-order chi connectivity index (χ0) is 15.6. The number of nitro groups is 1. The van der Waals surface area contributed by atoms with Gasteiger partial charge in [-0.1, -0.05) is 17.7 Å². The van der Waals surface area contributed by atoms with Crippen molar-refractivity contribution in [1.82, 2.24) is 0 Å². The van der Waals surface area contributed by atoms with Crippen molar-refractivity contribution in [2.45, 2.75) is 13.8 Å². The number of halogens is 1. The summed E-state index contributed by atoms with van der Waals surface area (Å²) in [5.74, 6) is 0.000895. The fraction of sp³-hybridized carbons (Fsp3) is 0.143. The Morgan fingerprint density at radius 3 is 2.48 bits per heavy atom. The smallest absolute Gasteiger partial charge is 0.298 e. The number of nitro benzene ring substituents is 1. The summed E-state index contributed by atoms with van der Waals surface area (Å²) in [6.45, 7) is 3.60. The first kappa shape index (κ1) is 14.9. The molecule has 0 saturated heterocycles. The van der Waals surface area contributed by atoms with Gasteiger partial charge in [-0.3, -0.25) is 10.1 Å². The van der Waals surface area contributed by atoms with Crippen LogP contribution >= 0.6 is 11.6 Å². The zero-order valence-corrected chi connectivity index (χ0v) is 12.1. The molecular formula is C14H12ClN3O3. The highest BCUT2D eigenvalue weighted by atomic mass is 35.5. The summed E-state index contributed by atoms with van der Waals surface area (Å²) < 4.78 is 0. The van der Waals surface area contributed by atoms with Crippen molar-refractivity contribution in [3.8, 4) is 5.75 Å². The Labute approximate surface area is 125 Å². The molecular weight excluding hydrogens is 294 g/mol. The van der Waals surface area contributed by atoms with Gasteiger partial charge in [0.05, 0.1) is 4.92 Å². The van der Waals surface area contributed by atoms with E-state index in [0.717, 1.165) is 5.56 Å². The Bertz CT molecular complexity index is 744. The van der Waals surface area contributed by atoms with E-state index in [1.54, 1.807) is 19.1 Å². The third-order valence-electron chi connectivity index (χ3n) is 2.82. The second-order valence-corrected chi connectivity index (χ2v) is 4.98. The van der Waals surface area contributed by atoms with Gasteiger partial charge in [0, 0.05) is 11.1 Å². The first-order valence-electron chi connectivity index (χ1n) is 6.04. The maximum absolute atomic E-state index is 11.0. The van der Waals surface area contributed by atoms with Crippen LogP contribution in [0.25, 0.3) is 0 Å². The van der Waals surface area contributed by atoms with E-state index in [-0.39, 0.29) is 27.8 Å². The Hall–Kier alpha value is -2.47. The lowest BCUT2D eigenvalue weighted by Crippen LogP contribution is -1.88. The molecule has 0 radical (unpaired) electrons. The Morgan fingerprint density at radius 1 is 1.14 bits per heavy atom. The van der Waals surface area contributed by atoms with E-state index < -0.39 is 4.92 Å². The lowest BCUT2D eigenvalue weighted by Gasteiger charge is -2.03. The first-order valence-corrected chi connectivity index (χ1v) is 6.42. The fourth-order valence-electron chi connectivity index (χ4n) is 1.85. The van der Waals surface area contributed by atoms with E-state index in [1.807, 2.05) is 6.92 Å². The van der Waals surface area contributed by atoms with E-state index in [4.69, 9.17) is 11.6 Å². The molecule has 2 rings (SSSR count). The molecule has 0 aliphatic heterocycles. The van der Waals surface area contributed by atoms with Crippen molar-refractivity contribution in [3.05, 3.63) is 56.6 Å². The number of phenols is 1. The number of rotatable bonds is 3. The van der Waals surface area contributed by atoms with Crippen molar-refractivity contribution in [3.63, 3.8) is 0 Å². The molecule has 0 aromatic heterocycles. The van der Waals surface area contributed by atoms with Gasteiger partial charge in [0.1, 0.15) is 11.4 Å². The molecule has 6 nitrogen and oxygen atoms in total. The summed E-state index contributed by atoms with van der Waals surface area (Å²) in [5, 5.41) is 28.9. The fourth-order valence-corrected chi connectivity index (χ4v) is 2.02. The minimum absolute atomic E-state index is 0.000895. The molecule has 0 aliphatic carbocycles. The highest BCUT2D eigenvalue weighted by Gasteiger charge is 2.14. The van der Waals surface area contributed by atoms with Gasteiger partial charge in [0.15, 0.2) is 5.69 Å². The molecule has 1 N–H and O–H groups in total. The van der Waals surface area contributed by atoms with Crippen LogP contribution in [0, 0.1) is 24.0 Å². The lowest BCUT2D eigenvalue weighted by molar-refractivity contribution is -0.384. The standard InChI is InChI=1S/C14H12ClN3O3/c1-8-5-9(2)14(19)12(6-8)17-16-11-4-3-10(15)7-13(11)18(20)21/h3-7,19H,1-2H3. The summed E-state index contributed by atoms with van der Waals surface area (Å²) in [5.41, 5.74) is 1.66. The van der Waals surface area contributed by atoms with Crippen LogP contribution in [0.4, 0.5) is 17.1 Å². The Morgan fingerprint density at radius 2 is 1.81 bits per heavy atom. The molecule has 0 heterocycles. The quantitative estimate of drug-likeness (QED) is 0.492. The number of hydrogen-bond donors (Lipinski definition) is 1. The zero-order valence-electron chi connectivity index (χ0n) is 11.4. The number of phenolic OH excluding ortho intramolecular Hbond substituents is 1. The van der Waals surface area contributed by atoms with Crippen molar-refractivity contribution >= 4 is 28.7 Å². The van der Waals surface area contributed by atoms with E-state index >= 15 is 0 Å². The van der Waals surface area contributed by atoms with Crippen LogP contribution in [0.5, 0.6) is 5.75 Å². The highest BCUT2D eigenvalue weighted by molar-refractivity contribution is 6.30. The summed E-state index contributed by atoms with van der Waals surface area (Å²) in [6, 6.07) is 7.55. The molecule has 21 heavy (non-hydrogen) atoms. The van der Waals surface area contributed by atoms with Crippen LogP contribution in [0.1, 0.15) is 11.1 Å². The van der Waals surface area contributed by atoms with Crippen molar-refractivity contribution in [2.75, 3.05) is 0 Å². The molecule has 2 aromatic carbocycles. The number of aryl methyl sites for hydroxylation is 2. The molecule has 0 atom stereocenters. The number of aromatic hydroxyl groups is 1.